The standard InChI is InChI=1S/C23H23Cl2NO2S2/c1-23(14-7-15(24)9-16(25)8-14)10-19(26-28-23)21-17-4-2-3-5-18(17)22(30-21)20(27)6-13-11-29-12-13/h7-9,13H,2-6,10-12H2,1H3. The van der Waals surface area contributed by atoms with Crippen molar-refractivity contribution in [3.8, 4) is 0 Å². The Morgan fingerprint density at radius 1 is 1.17 bits per heavy atom. The highest BCUT2D eigenvalue weighted by atomic mass is 35.5. The summed E-state index contributed by atoms with van der Waals surface area (Å²) in [5.41, 5.74) is 3.86. The van der Waals surface area contributed by atoms with Crippen LogP contribution in [0.2, 0.25) is 10.0 Å². The number of halogens is 2. The smallest absolute Gasteiger partial charge is 0.173 e. The zero-order valence-corrected chi connectivity index (χ0v) is 19.9. The summed E-state index contributed by atoms with van der Waals surface area (Å²) in [4.78, 5) is 21.1. The molecule has 1 atom stereocenters. The number of Topliss-reactive ketones (excluding diaryl/α,β-unsaturated/α-hetero) is 1. The van der Waals surface area contributed by atoms with Crippen molar-refractivity contribution >= 4 is 57.8 Å². The van der Waals surface area contributed by atoms with Crippen LogP contribution < -0.4 is 0 Å². The molecule has 0 saturated carbocycles. The number of thioether (sulfide) groups is 1. The van der Waals surface area contributed by atoms with E-state index in [-0.39, 0.29) is 0 Å². The zero-order valence-electron chi connectivity index (χ0n) is 16.8. The van der Waals surface area contributed by atoms with Gasteiger partial charge in [0.25, 0.3) is 0 Å². The first kappa shape index (κ1) is 20.9. The van der Waals surface area contributed by atoms with Crippen LogP contribution in [0.4, 0.5) is 0 Å². The molecule has 0 spiro atoms. The summed E-state index contributed by atoms with van der Waals surface area (Å²) in [7, 11) is 0. The first-order valence-corrected chi connectivity index (χ1v) is 13.1. The maximum absolute atomic E-state index is 13.1. The zero-order chi connectivity index (χ0) is 20.9. The predicted octanol–water partition coefficient (Wildman–Crippen LogP) is 6.91. The Morgan fingerprint density at radius 2 is 1.87 bits per heavy atom. The molecule has 30 heavy (non-hydrogen) atoms. The monoisotopic (exact) mass is 479 g/mol. The van der Waals surface area contributed by atoms with Gasteiger partial charge in [0.05, 0.1) is 9.75 Å². The van der Waals surface area contributed by atoms with Gasteiger partial charge in [-0.3, -0.25) is 4.79 Å². The number of carbonyl (C=O) groups is 1. The number of nitrogens with zero attached hydrogens (tertiary/aromatic N) is 1. The number of carbonyl (C=O) groups excluding carboxylic acids is 1. The Balaban J connectivity index is 1.45. The number of thiophene rings is 1. The molecule has 158 valence electrons. The lowest BCUT2D eigenvalue weighted by atomic mass is 9.86. The number of benzene rings is 1. The minimum absolute atomic E-state index is 0.318. The van der Waals surface area contributed by atoms with Crippen LogP contribution >= 0.6 is 46.3 Å². The van der Waals surface area contributed by atoms with Crippen molar-refractivity contribution in [1.82, 2.24) is 0 Å². The Bertz CT molecular complexity index is 1020. The molecular weight excluding hydrogens is 457 g/mol. The highest BCUT2D eigenvalue weighted by molar-refractivity contribution is 8.00. The van der Waals surface area contributed by atoms with Gasteiger partial charge in [-0.2, -0.15) is 11.8 Å². The molecule has 1 fully saturated rings. The lowest BCUT2D eigenvalue weighted by Crippen LogP contribution is -2.22. The van der Waals surface area contributed by atoms with E-state index >= 15 is 0 Å². The summed E-state index contributed by atoms with van der Waals surface area (Å²) in [5.74, 6) is 3.11. The number of oxime groups is 1. The number of hydrogen-bond donors (Lipinski definition) is 0. The molecule has 0 radical (unpaired) electrons. The molecule has 1 saturated heterocycles. The van der Waals surface area contributed by atoms with Crippen LogP contribution in [0.15, 0.2) is 23.4 Å². The van der Waals surface area contributed by atoms with E-state index in [0.29, 0.717) is 34.6 Å². The molecule has 5 rings (SSSR count). The molecule has 3 aliphatic rings. The van der Waals surface area contributed by atoms with Gasteiger partial charge in [-0.1, -0.05) is 28.4 Å². The molecule has 0 bridgehead atoms. The third-order valence-corrected chi connectivity index (χ3v) is 9.47. The molecular formula is C23H23Cl2NO2S2. The topological polar surface area (TPSA) is 38.7 Å². The Morgan fingerprint density at radius 3 is 2.53 bits per heavy atom. The number of ketones is 1. The van der Waals surface area contributed by atoms with Gasteiger partial charge in [-0.25, -0.2) is 0 Å². The normalized spacial score (nSPS) is 23.5. The highest BCUT2D eigenvalue weighted by Gasteiger charge is 2.39. The van der Waals surface area contributed by atoms with Gasteiger partial charge in [-0.15, -0.1) is 11.3 Å². The average Bonchev–Trinajstić information content (AvgIpc) is 3.26. The molecule has 3 heterocycles. The molecule has 7 heteroatoms. The fraction of sp³-hybridized carbons (Fsp3) is 0.478. The minimum atomic E-state index is -0.608. The quantitative estimate of drug-likeness (QED) is 0.437. The van der Waals surface area contributed by atoms with Gasteiger partial charge in [0.15, 0.2) is 11.4 Å². The van der Waals surface area contributed by atoms with Crippen LogP contribution in [0, 0.1) is 5.92 Å². The van der Waals surface area contributed by atoms with Gasteiger partial charge in [0.2, 0.25) is 0 Å². The fourth-order valence-corrected chi connectivity index (χ4v) is 7.18. The minimum Gasteiger partial charge on any atom is -0.384 e. The number of fused-ring (bicyclic) bond motifs is 1. The van der Waals surface area contributed by atoms with Crippen molar-refractivity contribution in [2.75, 3.05) is 11.5 Å². The lowest BCUT2D eigenvalue weighted by Gasteiger charge is -2.24. The summed E-state index contributed by atoms with van der Waals surface area (Å²) in [6, 6.07) is 5.50. The van der Waals surface area contributed by atoms with Crippen LogP contribution in [0.3, 0.4) is 0 Å². The molecule has 2 aliphatic heterocycles. The SMILES string of the molecule is CC1(c2cc(Cl)cc(Cl)c2)CC(c2sc(C(=O)CC3CSC3)c3c2CCCC3)=NO1. The fourth-order valence-electron chi connectivity index (χ4n) is 4.52. The van der Waals surface area contributed by atoms with Crippen molar-refractivity contribution in [3.05, 3.63) is 54.7 Å². The molecule has 3 nitrogen and oxygen atoms in total. The predicted molar refractivity (Wildman–Crippen MR) is 127 cm³/mol. The van der Waals surface area contributed by atoms with E-state index in [1.54, 1.807) is 17.4 Å². The van der Waals surface area contributed by atoms with E-state index in [0.717, 1.165) is 51.8 Å². The van der Waals surface area contributed by atoms with Gasteiger partial charge in [0, 0.05) is 28.5 Å². The Kier molecular flexibility index (Phi) is 5.68. The second-order valence-corrected chi connectivity index (χ2v) is 11.6. The van der Waals surface area contributed by atoms with Crippen LogP contribution in [-0.2, 0) is 23.3 Å². The number of rotatable bonds is 5. The van der Waals surface area contributed by atoms with E-state index in [4.69, 9.17) is 28.0 Å². The summed E-state index contributed by atoms with van der Waals surface area (Å²) < 4.78 is 0. The third-order valence-electron chi connectivity index (χ3n) is 6.25. The molecule has 2 aromatic rings. The van der Waals surface area contributed by atoms with Crippen molar-refractivity contribution in [3.63, 3.8) is 0 Å². The summed E-state index contributed by atoms with van der Waals surface area (Å²) >= 11 is 16.0. The number of hydrogen-bond acceptors (Lipinski definition) is 5. The van der Waals surface area contributed by atoms with Gasteiger partial charge in [-0.05, 0) is 79.4 Å². The van der Waals surface area contributed by atoms with Crippen LogP contribution in [0.5, 0.6) is 0 Å². The van der Waals surface area contributed by atoms with E-state index in [1.807, 2.05) is 30.8 Å². The van der Waals surface area contributed by atoms with Crippen LogP contribution in [-0.4, -0.2) is 23.0 Å². The summed E-state index contributed by atoms with van der Waals surface area (Å²) in [5, 5.41) is 5.67. The van der Waals surface area contributed by atoms with E-state index < -0.39 is 5.60 Å². The largest absolute Gasteiger partial charge is 0.384 e. The van der Waals surface area contributed by atoms with Crippen molar-refractivity contribution in [2.45, 2.75) is 51.0 Å². The molecule has 1 unspecified atom stereocenters. The van der Waals surface area contributed by atoms with E-state index in [1.165, 1.54) is 17.5 Å². The Hall–Kier alpha value is -1.01. The second kappa shape index (κ2) is 8.16. The maximum atomic E-state index is 13.1. The van der Waals surface area contributed by atoms with E-state index in [2.05, 4.69) is 5.16 Å². The molecule has 0 N–H and O–H groups in total. The van der Waals surface area contributed by atoms with Gasteiger partial charge >= 0.3 is 0 Å². The molecule has 1 aliphatic carbocycles. The van der Waals surface area contributed by atoms with Crippen molar-refractivity contribution in [1.29, 1.82) is 0 Å². The third kappa shape index (κ3) is 3.83. The first-order valence-electron chi connectivity index (χ1n) is 10.4. The van der Waals surface area contributed by atoms with E-state index in [9.17, 15) is 4.79 Å². The molecule has 1 aromatic heterocycles. The van der Waals surface area contributed by atoms with Gasteiger partial charge in [0.1, 0.15) is 5.71 Å². The first-order chi connectivity index (χ1) is 14.4. The second-order valence-electron chi connectivity index (χ2n) is 8.65. The van der Waals surface area contributed by atoms with Crippen LogP contribution in [0.25, 0.3) is 0 Å². The van der Waals surface area contributed by atoms with Gasteiger partial charge < -0.3 is 4.84 Å². The van der Waals surface area contributed by atoms with Crippen molar-refractivity contribution < 1.29 is 9.63 Å². The summed E-state index contributed by atoms with van der Waals surface area (Å²) in [6.07, 6.45) is 5.67. The molecule has 0 amide bonds. The molecule has 1 aromatic carbocycles. The summed E-state index contributed by atoms with van der Waals surface area (Å²) in [6.45, 7) is 2.02. The van der Waals surface area contributed by atoms with Crippen molar-refractivity contribution in [2.24, 2.45) is 11.1 Å². The highest BCUT2D eigenvalue weighted by Crippen LogP contribution is 2.43. The Labute approximate surface area is 195 Å². The maximum Gasteiger partial charge on any atom is 0.173 e. The average molecular weight is 480 g/mol. The lowest BCUT2D eigenvalue weighted by molar-refractivity contribution is -0.00737. The van der Waals surface area contributed by atoms with Crippen LogP contribution in [0.1, 0.15) is 63.8 Å².